The summed E-state index contributed by atoms with van der Waals surface area (Å²) in [5, 5.41) is 9.72. The predicted molar refractivity (Wildman–Crippen MR) is 73.7 cm³/mol. The van der Waals surface area contributed by atoms with Gasteiger partial charge in [0.1, 0.15) is 24.1 Å². The molecule has 0 bridgehead atoms. The zero-order valence-electron chi connectivity index (χ0n) is 10.4. The summed E-state index contributed by atoms with van der Waals surface area (Å²) >= 11 is 5.85. The van der Waals surface area contributed by atoms with Crippen molar-refractivity contribution in [3.63, 3.8) is 0 Å². The van der Waals surface area contributed by atoms with Gasteiger partial charge in [-0.1, -0.05) is 23.7 Å². The van der Waals surface area contributed by atoms with Crippen LogP contribution in [0.1, 0.15) is 11.5 Å². The van der Waals surface area contributed by atoms with Gasteiger partial charge in [0.05, 0.1) is 0 Å². The van der Waals surface area contributed by atoms with Crippen LogP contribution in [0.15, 0.2) is 48.5 Å². The van der Waals surface area contributed by atoms with E-state index < -0.39 is 11.9 Å². The maximum Gasteiger partial charge on any atom is 0.314 e. The number of halogens is 2. The SMILES string of the molecule is O=C(O)C(COc1ccc(F)cc1)c1cccc(Cl)c1. The van der Waals surface area contributed by atoms with E-state index in [2.05, 4.69) is 0 Å². The fourth-order valence-electron chi connectivity index (χ4n) is 1.74. The standard InChI is InChI=1S/C15H12ClFO3/c16-11-3-1-2-10(8-11)14(15(18)19)9-20-13-6-4-12(17)5-7-13/h1-8,14H,9H2,(H,18,19). The predicted octanol–water partition coefficient (Wildman–Crippen LogP) is 3.73. The number of rotatable bonds is 5. The van der Waals surface area contributed by atoms with Crippen molar-refractivity contribution in [1.29, 1.82) is 0 Å². The molecule has 0 amide bonds. The first-order valence-electron chi connectivity index (χ1n) is 5.93. The molecule has 2 aromatic carbocycles. The average molecular weight is 295 g/mol. The van der Waals surface area contributed by atoms with Gasteiger partial charge in [0.15, 0.2) is 0 Å². The zero-order chi connectivity index (χ0) is 14.5. The summed E-state index contributed by atoms with van der Waals surface area (Å²) in [7, 11) is 0. The quantitative estimate of drug-likeness (QED) is 0.914. The van der Waals surface area contributed by atoms with Gasteiger partial charge in [0, 0.05) is 5.02 Å². The van der Waals surface area contributed by atoms with Gasteiger partial charge in [-0.05, 0) is 42.0 Å². The van der Waals surface area contributed by atoms with Gasteiger partial charge in [0.25, 0.3) is 0 Å². The molecule has 5 heteroatoms. The second kappa shape index (κ2) is 6.39. The number of carbonyl (C=O) groups is 1. The van der Waals surface area contributed by atoms with Gasteiger partial charge in [-0.15, -0.1) is 0 Å². The van der Waals surface area contributed by atoms with Crippen molar-refractivity contribution in [3.8, 4) is 5.75 Å². The first kappa shape index (κ1) is 14.3. The third kappa shape index (κ3) is 3.71. The third-order valence-corrected chi connectivity index (χ3v) is 3.01. The van der Waals surface area contributed by atoms with Crippen molar-refractivity contribution in [2.75, 3.05) is 6.61 Å². The van der Waals surface area contributed by atoms with Crippen molar-refractivity contribution < 1.29 is 19.0 Å². The summed E-state index contributed by atoms with van der Waals surface area (Å²) in [6.45, 7) is -0.0543. The Bertz CT molecular complexity index is 598. The van der Waals surface area contributed by atoms with E-state index in [9.17, 15) is 14.3 Å². The highest BCUT2D eigenvalue weighted by molar-refractivity contribution is 6.30. The van der Waals surface area contributed by atoms with Gasteiger partial charge < -0.3 is 9.84 Å². The van der Waals surface area contributed by atoms with E-state index in [1.807, 2.05) is 0 Å². The van der Waals surface area contributed by atoms with Gasteiger partial charge >= 0.3 is 5.97 Å². The first-order valence-corrected chi connectivity index (χ1v) is 6.30. The Kier molecular flexibility index (Phi) is 4.58. The Labute approximate surface area is 120 Å². The fraction of sp³-hybridized carbons (Fsp3) is 0.133. The zero-order valence-corrected chi connectivity index (χ0v) is 11.2. The lowest BCUT2D eigenvalue weighted by Gasteiger charge is -2.14. The van der Waals surface area contributed by atoms with Crippen LogP contribution in [-0.2, 0) is 4.79 Å². The number of hydrogen-bond donors (Lipinski definition) is 1. The average Bonchev–Trinajstić information content (AvgIpc) is 2.41. The molecule has 2 rings (SSSR count). The van der Waals surface area contributed by atoms with Crippen LogP contribution in [0.3, 0.4) is 0 Å². The van der Waals surface area contributed by atoms with Crippen LogP contribution in [0.2, 0.25) is 5.02 Å². The van der Waals surface area contributed by atoms with Gasteiger partial charge in [-0.2, -0.15) is 0 Å². The number of aliphatic carboxylic acids is 1. The Morgan fingerprint density at radius 1 is 1.25 bits per heavy atom. The van der Waals surface area contributed by atoms with Crippen molar-refractivity contribution in [3.05, 3.63) is 64.9 Å². The summed E-state index contributed by atoms with van der Waals surface area (Å²) in [5.41, 5.74) is 0.562. The van der Waals surface area contributed by atoms with Gasteiger partial charge in [-0.25, -0.2) is 4.39 Å². The van der Waals surface area contributed by atoms with Crippen molar-refractivity contribution >= 4 is 17.6 Å². The molecule has 1 unspecified atom stereocenters. The van der Waals surface area contributed by atoms with Crippen LogP contribution >= 0.6 is 11.6 Å². The highest BCUT2D eigenvalue weighted by Gasteiger charge is 2.21. The maximum atomic E-state index is 12.8. The minimum absolute atomic E-state index is 0.0543. The summed E-state index contributed by atoms with van der Waals surface area (Å²) in [6, 6.07) is 12.0. The number of ether oxygens (including phenoxy) is 1. The molecule has 0 aromatic heterocycles. The third-order valence-electron chi connectivity index (χ3n) is 2.78. The van der Waals surface area contributed by atoms with E-state index in [0.29, 0.717) is 16.3 Å². The highest BCUT2D eigenvalue weighted by atomic mass is 35.5. The largest absolute Gasteiger partial charge is 0.492 e. The van der Waals surface area contributed by atoms with E-state index in [1.54, 1.807) is 24.3 Å². The molecule has 0 aliphatic rings. The van der Waals surface area contributed by atoms with Crippen LogP contribution in [0.4, 0.5) is 4.39 Å². The Morgan fingerprint density at radius 3 is 2.55 bits per heavy atom. The lowest BCUT2D eigenvalue weighted by Crippen LogP contribution is -2.19. The molecular formula is C15H12ClFO3. The molecule has 2 aromatic rings. The molecule has 0 saturated carbocycles. The summed E-state index contributed by atoms with van der Waals surface area (Å²) in [4.78, 5) is 11.3. The molecule has 104 valence electrons. The Balaban J connectivity index is 2.10. The topological polar surface area (TPSA) is 46.5 Å². The normalized spacial score (nSPS) is 11.9. The summed E-state index contributed by atoms with van der Waals surface area (Å²) in [5.74, 6) is -1.80. The molecular weight excluding hydrogens is 283 g/mol. The molecule has 0 saturated heterocycles. The van der Waals surface area contributed by atoms with Crippen LogP contribution in [0.25, 0.3) is 0 Å². The summed E-state index contributed by atoms with van der Waals surface area (Å²) < 4.78 is 18.1. The van der Waals surface area contributed by atoms with E-state index in [-0.39, 0.29) is 12.4 Å². The van der Waals surface area contributed by atoms with Crippen molar-refractivity contribution in [2.24, 2.45) is 0 Å². The monoisotopic (exact) mass is 294 g/mol. The van der Waals surface area contributed by atoms with E-state index >= 15 is 0 Å². The van der Waals surface area contributed by atoms with E-state index in [1.165, 1.54) is 24.3 Å². The van der Waals surface area contributed by atoms with E-state index in [4.69, 9.17) is 16.3 Å². The van der Waals surface area contributed by atoms with Crippen LogP contribution < -0.4 is 4.74 Å². The first-order chi connectivity index (χ1) is 9.56. The van der Waals surface area contributed by atoms with Crippen molar-refractivity contribution in [1.82, 2.24) is 0 Å². The number of hydrogen-bond acceptors (Lipinski definition) is 2. The second-order valence-corrected chi connectivity index (χ2v) is 4.65. The van der Waals surface area contributed by atoms with Gasteiger partial charge in [0.2, 0.25) is 0 Å². The van der Waals surface area contributed by atoms with Gasteiger partial charge in [-0.3, -0.25) is 4.79 Å². The second-order valence-electron chi connectivity index (χ2n) is 4.21. The Morgan fingerprint density at radius 2 is 1.95 bits per heavy atom. The lowest BCUT2D eigenvalue weighted by molar-refractivity contribution is -0.139. The Hall–Kier alpha value is -2.07. The molecule has 0 heterocycles. The molecule has 1 N–H and O–H groups in total. The fourth-order valence-corrected chi connectivity index (χ4v) is 1.94. The lowest BCUT2D eigenvalue weighted by atomic mass is 10.0. The molecule has 0 aliphatic heterocycles. The molecule has 0 aliphatic carbocycles. The molecule has 0 fully saturated rings. The molecule has 0 spiro atoms. The minimum Gasteiger partial charge on any atom is -0.492 e. The highest BCUT2D eigenvalue weighted by Crippen LogP contribution is 2.22. The van der Waals surface area contributed by atoms with Crippen molar-refractivity contribution in [2.45, 2.75) is 5.92 Å². The molecule has 20 heavy (non-hydrogen) atoms. The van der Waals surface area contributed by atoms with Crippen LogP contribution in [0, 0.1) is 5.82 Å². The van der Waals surface area contributed by atoms with Crippen LogP contribution in [0.5, 0.6) is 5.75 Å². The molecule has 3 nitrogen and oxygen atoms in total. The van der Waals surface area contributed by atoms with Crippen LogP contribution in [-0.4, -0.2) is 17.7 Å². The maximum absolute atomic E-state index is 12.8. The molecule has 0 radical (unpaired) electrons. The van der Waals surface area contributed by atoms with E-state index in [0.717, 1.165) is 0 Å². The number of carboxylic acids is 1. The smallest absolute Gasteiger partial charge is 0.314 e. The summed E-state index contributed by atoms with van der Waals surface area (Å²) in [6.07, 6.45) is 0. The minimum atomic E-state index is -1.01. The molecule has 1 atom stereocenters. The number of benzene rings is 2. The number of carboxylic acid groups (broad SMARTS) is 1.